The third-order valence-corrected chi connectivity index (χ3v) is 3.06. The molecule has 4 heteroatoms. The zero-order chi connectivity index (χ0) is 14.5. The SMILES string of the molecule is Cc1cc(O)ccc1N/C=C\C(=O)c1ccc(Cl)cc1. The number of hydrogen-bond acceptors (Lipinski definition) is 3. The normalized spacial score (nSPS) is 10.7. The predicted molar refractivity (Wildman–Crippen MR) is 81.4 cm³/mol. The lowest BCUT2D eigenvalue weighted by Gasteiger charge is -2.05. The van der Waals surface area contributed by atoms with E-state index in [1.807, 2.05) is 6.92 Å². The Morgan fingerprint density at radius 3 is 2.55 bits per heavy atom. The Hall–Kier alpha value is -2.26. The lowest BCUT2D eigenvalue weighted by Crippen LogP contribution is -1.96. The van der Waals surface area contributed by atoms with Gasteiger partial charge in [0.05, 0.1) is 0 Å². The number of aryl methyl sites for hydroxylation is 1. The molecule has 20 heavy (non-hydrogen) atoms. The summed E-state index contributed by atoms with van der Waals surface area (Å²) in [5.41, 5.74) is 2.31. The highest BCUT2D eigenvalue weighted by atomic mass is 35.5. The zero-order valence-electron chi connectivity index (χ0n) is 10.9. The van der Waals surface area contributed by atoms with Crippen molar-refractivity contribution in [1.29, 1.82) is 0 Å². The van der Waals surface area contributed by atoms with Gasteiger partial charge in [0.1, 0.15) is 5.75 Å². The second-order valence-electron chi connectivity index (χ2n) is 4.35. The number of aromatic hydroxyl groups is 1. The molecule has 0 aromatic heterocycles. The quantitative estimate of drug-likeness (QED) is 0.504. The molecule has 0 aliphatic carbocycles. The van der Waals surface area contributed by atoms with Crippen LogP contribution in [0.4, 0.5) is 5.69 Å². The van der Waals surface area contributed by atoms with E-state index in [2.05, 4.69) is 5.32 Å². The van der Waals surface area contributed by atoms with Crippen LogP contribution in [0.1, 0.15) is 15.9 Å². The van der Waals surface area contributed by atoms with Gasteiger partial charge in [-0.1, -0.05) is 11.6 Å². The van der Waals surface area contributed by atoms with Gasteiger partial charge in [0.15, 0.2) is 5.78 Å². The van der Waals surface area contributed by atoms with Crippen molar-refractivity contribution in [2.75, 3.05) is 5.32 Å². The van der Waals surface area contributed by atoms with Crippen LogP contribution < -0.4 is 5.32 Å². The van der Waals surface area contributed by atoms with Crippen molar-refractivity contribution in [3.05, 3.63) is 70.9 Å². The summed E-state index contributed by atoms with van der Waals surface area (Å²) >= 11 is 5.77. The molecule has 2 aromatic carbocycles. The number of phenols is 1. The average molecular weight is 288 g/mol. The summed E-state index contributed by atoms with van der Waals surface area (Å²) in [5.74, 6) is 0.111. The van der Waals surface area contributed by atoms with E-state index < -0.39 is 0 Å². The van der Waals surface area contributed by atoms with Crippen LogP contribution in [-0.2, 0) is 0 Å². The van der Waals surface area contributed by atoms with Gasteiger partial charge in [-0.15, -0.1) is 0 Å². The number of benzene rings is 2. The first-order valence-corrected chi connectivity index (χ1v) is 6.46. The highest BCUT2D eigenvalue weighted by Crippen LogP contribution is 2.20. The van der Waals surface area contributed by atoms with Crippen molar-refractivity contribution in [1.82, 2.24) is 0 Å². The summed E-state index contributed by atoms with van der Waals surface area (Å²) in [7, 11) is 0. The number of phenolic OH excluding ortho intramolecular Hbond substituents is 1. The summed E-state index contributed by atoms with van der Waals surface area (Å²) in [6, 6.07) is 11.7. The number of ketones is 1. The Morgan fingerprint density at radius 2 is 1.90 bits per heavy atom. The molecule has 0 aliphatic heterocycles. The van der Waals surface area contributed by atoms with E-state index in [0.717, 1.165) is 11.3 Å². The molecule has 0 heterocycles. The van der Waals surface area contributed by atoms with E-state index in [1.165, 1.54) is 6.08 Å². The van der Waals surface area contributed by atoms with Crippen molar-refractivity contribution in [3.63, 3.8) is 0 Å². The Labute approximate surface area is 122 Å². The van der Waals surface area contributed by atoms with E-state index >= 15 is 0 Å². The van der Waals surface area contributed by atoms with Crippen LogP contribution in [0.25, 0.3) is 0 Å². The number of anilines is 1. The Balaban J connectivity index is 2.02. The number of hydrogen-bond donors (Lipinski definition) is 2. The summed E-state index contributed by atoms with van der Waals surface area (Å²) in [6.45, 7) is 1.87. The van der Waals surface area contributed by atoms with Crippen LogP contribution in [0, 0.1) is 6.92 Å². The molecule has 3 nitrogen and oxygen atoms in total. The summed E-state index contributed by atoms with van der Waals surface area (Å²) in [4.78, 5) is 11.9. The van der Waals surface area contributed by atoms with E-state index in [0.29, 0.717) is 10.6 Å². The minimum atomic E-state index is -0.106. The third kappa shape index (κ3) is 3.62. The fraction of sp³-hybridized carbons (Fsp3) is 0.0625. The van der Waals surface area contributed by atoms with Gasteiger partial charge in [-0.25, -0.2) is 0 Å². The fourth-order valence-corrected chi connectivity index (χ4v) is 1.85. The standard InChI is InChI=1S/C16H14ClNO2/c1-11-10-14(19)6-7-15(11)18-9-8-16(20)12-2-4-13(17)5-3-12/h2-10,18-19H,1H3/b9-8-. The molecule has 2 rings (SSSR count). The molecule has 0 fully saturated rings. The van der Waals surface area contributed by atoms with Gasteiger partial charge in [-0.05, 0) is 55.0 Å². The second kappa shape index (κ2) is 6.26. The molecule has 0 spiro atoms. The minimum Gasteiger partial charge on any atom is -0.508 e. The predicted octanol–water partition coefficient (Wildman–Crippen LogP) is 4.16. The Morgan fingerprint density at radius 1 is 1.20 bits per heavy atom. The first-order valence-electron chi connectivity index (χ1n) is 6.09. The van der Waals surface area contributed by atoms with Crippen molar-refractivity contribution in [2.45, 2.75) is 6.92 Å². The monoisotopic (exact) mass is 287 g/mol. The van der Waals surface area contributed by atoms with Crippen LogP contribution in [-0.4, -0.2) is 10.9 Å². The summed E-state index contributed by atoms with van der Waals surface area (Å²) < 4.78 is 0. The van der Waals surface area contributed by atoms with E-state index in [9.17, 15) is 9.90 Å². The van der Waals surface area contributed by atoms with E-state index in [4.69, 9.17) is 11.6 Å². The second-order valence-corrected chi connectivity index (χ2v) is 4.78. The van der Waals surface area contributed by atoms with Crippen molar-refractivity contribution >= 4 is 23.1 Å². The molecule has 0 saturated carbocycles. The summed E-state index contributed by atoms with van der Waals surface area (Å²) in [6.07, 6.45) is 3.03. The Bertz CT molecular complexity index is 648. The lowest BCUT2D eigenvalue weighted by atomic mass is 10.1. The number of halogens is 1. The molecular weight excluding hydrogens is 274 g/mol. The van der Waals surface area contributed by atoms with Gasteiger partial charge in [-0.3, -0.25) is 4.79 Å². The lowest BCUT2D eigenvalue weighted by molar-refractivity contribution is 0.104. The number of carbonyl (C=O) groups is 1. The largest absolute Gasteiger partial charge is 0.508 e. The van der Waals surface area contributed by atoms with Crippen LogP contribution >= 0.6 is 11.6 Å². The first kappa shape index (κ1) is 14.2. The Kier molecular flexibility index (Phi) is 4.43. The molecule has 0 amide bonds. The van der Waals surface area contributed by atoms with Gasteiger partial charge in [0, 0.05) is 28.5 Å². The molecule has 102 valence electrons. The van der Waals surface area contributed by atoms with Crippen molar-refractivity contribution in [3.8, 4) is 5.75 Å². The highest BCUT2D eigenvalue weighted by molar-refractivity contribution is 6.30. The van der Waals surface area contributed by atoms with Crippen LogP contribution in [0.5, 0.6) is 5.75 Å². The van der Waals surface area contributed by atoms with Gasteiger partial charge in [0.2, 0.25) is 0 Å². The topological polar surface area (TPSA) is 49.3 Å². The smallest absolute Gasteiger partial charge is 0.187 e. The maximum absolute atomic E-state index is 11.9. The molecule has 0 bridgehead atoms. The number of carbonyl (C=O) groups excluding carboxylic acids is 1. The van der Waals surface area contributed by atoms with Crippen LogP contribution in [0.15, 0.2) is 54.7 Å². The zero-order valence-corrected chi connectivity index (χ0v) is 11.7. The maximum atomic E-state index is 11.9. The highest BCUT2D eigenvalue weighted by Gasteiger charge is 2.01. The van der Waals surface area contributed by atoms with Crippen molar-refractivity contribution < 1.29 is 9.90 Å². The molecule has 0 aliphatic rings. The summed E-state index contributed by atoms with van der Waals surface area (Å²) in [5, 5.41) is 12.9. The number of rotatable bonds is 4. The van der Waals surface area contributed by atoms with Crippen LogP contribution in [0.2, 0.25) is 5.02 Å². The molecular formula is C16H14ClNO2. The molecule has 2 aromatic rings. The van der Waals surface area contributed by atoms with Gasteiger partial charge < -0.3 is 10.4 Å². The molecule has 0 radical (unpaired) electrons. The number of nitrogens with one attached hydrogen (secondary N) is 1. The first-order chi connectivity index (χ1) is 9.56. The third-order valence-electron chi connectivity index (χ3n) is 2.81. The minimum absolute atomic E-state index is 0.106. The maximum Gasteiger partial charge on any atom is 0.187 e. The van der Waals surface area contributed by atoms with Gasteiger partial charge in [-0.2, -0.15) is 0 Å². The van der Waals surface area contributed by atoms with Gasteiger partial charge in [0.25, 0.3) is 0 Å². The number of allylic oxidation sites excluding steroid dienone is 1. The molecule has 0 unspecified atom stereocenters. The molecule has 0 atom stereocenters. The van der Waals surface area contributed by atoms with Gasteiger partial charge >= 0.3 is 0 Å². The van der Waals surface area contributed by atoms with Crippen LogP contribution in [0.3, 0.4) is 0 Å². The molecule has 2 N–H and O–H groups in total. The van der Waals surface area contributed by atoms with E-state index in [1.54, 1.807) is 48.7 Å². The van der Waals surface area contributed by atoms with Crippen molar-refractivity contribution in [2.24, 2.45) is 0 Å². The van der Waals surface area contributed by atoms with E-state index in [-0.39, 0.29) is 11.5 Å². The average Bonchev–Trinajstić information content (AvgIpc) is 2.42. The molecule has 0 saturated heterocycles. The fourth-order valence-electron chi connectivity index (χ4n) is 1.73.